The first kappa shape index (κ1) is 36.8. The number of likely N-dealkylation sites (N-methyl/N-ethyl adjacent to an activating group) is 1. The van der Waals surface area contributed by atoms with Crippen LogP contribution < -0.4 is 15.4 Å². The summed E-state index contributed by atoms with van der Waals surface area (Å²) < 4.78 is 54.9. The van der Waals surface area contributed by atoms with Gasteiger partial charge in [0.15, 0.2) is 0 Å². The van der Waals surface area contributed by atoms with Gasteiger partial charge in [-0.1, -0.05) is 29.8 Å². The van der Waals surface area contributed by atoms with Gasteiger partial charge >= 0.3 is 5.92 Å². The first-order valence-electron chi connectivity index (χ1n) is 16.5. The molecule has 0 spiro atoms. The number of halogens is 3. The summed E-state index contributed by atoms with van der Waals surface area (Å²) in [6, 6.07) is 4.02. The quantitative estimate of drug-likeness (QED) is 0.267. The van der Waals surface area contributed by atoms with E-state index in [9.17, 15) is 19.2 Å². The average molecular weight is 716 g/mol. The molecule has 0 bridgehead atoms. The molecule has 2 aliphatic rings. The number of hydrogen-bond acceptors (Lipinski definition) is 10. The Bertz CT molecular complexity index is 1660. The second kappa shape index (κ2) is 16.5. The molecule has 268 valence electrons. The minimum absolute atomic E-state index is 0.0400. The van der Waals surface area contributed by atoms with Crippen molar-refractivity contribution in [2.24, 2.45) is 11.8 Å². The first-order valence-corrected chi connectivity index (χ1v) is 17.3. The van der Waals surface area contributed by atoms with Crippen molar-refractivity contribution in [1.82, 2.24) is 29.7 Å². The van der Waals surface area contributed by atoms with Crippen molar-refractivity contribution in [3.63, 3.8) is 0 Å². The fourth-order valence-corrected chi connectivity index (χ4v) is 6.81. The first-order chi connectivity index (χ1) is 24.0. The second-order valence-corrected chi connectivity index (χ2v) is 13.5. The summed E-state index contributed by atoms with van der Waals surface area (Å²) in [6.45, 7) is 2.27. The third kappa shape index (κ3) is 9.01. The Morgan fingerprint density at radius 3 is 2.44 bits per heavy atom. The van der Waals surface area contributed by atoms with Gasteiger partial charge in [0.1, 0.15) is 22.5 Å². The summed E-state index contributed by atoms with van der Waals surface area (Å²) in [7, 11) is 3.24. The van der Waals surface area contributed by atoms with Crippen molar-refractivity contribution >= 4 is 40.7 Å². The van der Waals surface area contributed by atoms with Gasteiger partial charge in [-0.05, 0) is 61.1 Å². The van der Waals surface area contributed by atoms with E-state index in [0.717, 1.165) is 49.1 Å². The van der Waals surface area contributed by atoms with Crippen molar-refractivity contribution in [2.75, 3.05) is 45.7 Å². The van der Waals surface area contributed by atoms with Crippen LogP contribution in [0.3, 0.4) is 0 Å². The number of rotatable bonds is 13. The molecule has 16 heteroatoms. The number of carbonyl (C=O) groups is 4. The highest BCUT2D eigenvalue weighted by molar-refractivity contribution is 7.07. The normalized spacial score (nSPS) is 17.1. The number of nitrogens with zero attached hydrogens (tertiary/aromatic N) is 5. The van der Waals surface area contributed by atoms with E-state index in [1.54, 1.807) is 4.90 Å². The lowest BCUT2D eigenvalue weighted by Crippen LogP contribution is -2.54. The Kier molecular flexibility index (Phi) is 12.2. The Morgan fingerprint density at radius 2 is 1.78 bits per heavy atom. The van der Waals surface area contributed by atoms with E-state index in [1.807, 2.05) is 7.05 Å². The molecule has 1 saturated heterocycles. The molecule has 5 rings (SSSR count). The monoisotopic (exact) mass is 715 g/mol. The predicted octanol–water partition coefficient (Wildman–Crippen LogP) is 4.08. The number of nitrogens with one attached hydrogen (secondary N) is 2. The van der Waals surface area contributed by atoms with E-state index in [-0.39, 0.29) is 34.6 Å². The van der Waals surface area contributed by atoms with Gasteiger partial charge in [-0.2, -0.15) is 8.78 Å². The summed E-state index contributed by atoms with van der Waals surface area (Å²) in [5.74, 6) is -9.17. The number of piperazine rings is 1. The molecule has 1 aliphatic carbocycles. The molecule has 3 aromatic rings. The number of hydrogen-bond donors (Lipinski definition) is 2. The molecule has 2 fully saturated rings. The fraction of sp³-hybridized carbons (Fsp3) is 0.500. The smallest absolute Gasteiger partial charge is 0.332 e. The lowest BCUT2D eigenvalue weighted by molar-refractivity contribution is -0.147. The van der Waals surface area contributed by atoms with Crippen molar-refractivity contribution in [1.29, 1.82) is 0 Å². The van der Waals surface area contributed by atoms with Crippen LogP contribution in [0.4, 0.5) is 18.9 Å². The molecule has 2 atom stereocenters. The molecule has 3 heterocycles. The molecular weight excluding hydrogens is 675 g/mol. The van der Waals surface area contributed by atoms with Gasteiger partial charge in [0.2, 0.25) is 17.6 Å². The highest BCUT2D eigenvalue weighted by atomic mass is 32.1. The minimum atomic E-state index is -3.92. The van der Waals surface area contributed by atoms with Crippen LogP contribution >= 0.6 is 11.5 Å². The highest BCUT2D eigenvalue weighted by Gasteiger charge is 2.44. The molecule has 2 aromatic heterocycles. The van der Waals surface area contributed by atoms with Crippen molar-refractivity contribution < 1.29 is 37.1 Å². The van der Waals surface area contributed by atoms with Gasteiger partial charge in [-0.25, -0.2) is 4.39 Å². The van der Waals surface area contributed by atoms with Gasteiger partial charge in [0.05, 0.1) is 30.8 Å². The Hall–Kier alpha value is -4.44. The number of methoxy groups -OCH3 is 1. The maximum absolute atomic E-state index is 15.6. The van der Waals surface area contributed by atoms with Gasteiger partial charge in [0, 0.05) is 51.1 Å². The Morgan fingerprint density at radius 1 is 1.04 bits per heavy atom. The van der Waals surface area contributed by atoms with Crippen molar-refractivity contribution in [3.8, 4) is 5.75 Å². The number of carbonyl (C=O) groups excluding carboxylic acids is 4. The SMILES string of the molecule is COc1cncc(C(F)(F)C(=O)C[C@H](C(=O)Nc2ccc(C[C@@H](NC(=O)c3cnns3)C(=O)N3CCN(C)CC3)cc2F)C2CCCCC2)c1. The summed E-state index contributed by atoms with van der Waals surface area (Å²) in [6.07, 6.45) is 6.28. The van der Waals surface area contributed by atoms with Crippen LogP contribution in [0.2, 0.25) is 0 Å². The van der Waals surface area contributed by atoms with Crippen LogP contribution in [0, 0.1) is 17.7 Å². The van der Waals surface area contributed by atoms with Crippen LogP contribution in [0.15, 0.2) is 42.9 Å². The lowest BCUT2D eigenvalue weighted by Gasteiger charge is -2.34. The summed E-state index contributed by atoms with van der Waals surface area (Å²) in [5.41, 5.74) is -0.464. The zero-order chi connectivity index (χ0) is 35.8. The van der Waals surface area contributed by atoms with Crippen LogP contribution in [-0.4, -0.2) is 94.3 Å². The van der Waals surface area contributed by atoms with E-state index in [1.165, 1.54) is 31.6 Å². The van der Waals surface area contributed by atoms with Gasteiger partial charge in [0.25, 0.3) is 5.91 Å². The third-order valence-electron chi connectivity index (χ3n) is 9.36. The molecular formula is C34H40F3N7O5S. The maximum Gasteiger partial charge on any atom is 0.332 e. The van der Waals surface area contributed by atoms with E-state index in [4.69, 9.17) is 4.74 Å². The topological polar surface area (TPSA) is 147 Å². The predicted molar refractivity (Wildman–Crippen MR) is 178 cm³/mol. The van der Waals surface area contributed by atoms with E-state index < -0.39 is 53.3 Å². The van der Waals surface area contributed by atoms with E-state index in [0.29, 0.717) is 44.6 Å². The molecule has 50 heavy (non-hydrogen) atoms. The lowest BCUT2D eigenvalue weighted by atomic mass is 9.76. The number of alkyl halides is 2. The second-order valence-electron chi connectivity index (χ2n) is 12.8. The number of pyridine rings is 1. The maximum atomic E-state index is 15.6. The molecule has 1 aromatic carbocycles. The number of Topliss-reactive ketones (excluding diaryl/α,β-unsaturated/α-hetero) is 1. The number of ketones is 1. The van der Waals surface area contributed by atoms with Gasteiger partial charge in [-0.3, -0.25) is 24.2 Å². The number of ether oxygens (including phenoxy) is 1. The standard InChI is InChI=1S/C34H40F3N7O5S/c1-43-10-12-44(13-11-43)33(48)28(41-32(47)29-20-39-42-50-29)15-21-8-9-27(26(35)14-21)40-31(46)25(22-6-4-3-5-7-22)17-30(45)34(36,37)23-16-24(49-2)19-38-18-23/h8-9,14,16,18-20,22,25,28H,3-7,10-13,15,17H2,1-2H3,(H,40,46)(H,41,47)/t25-,28+/m0/s1. The minimum Gasteiger partial charge on any atom is -0.495 e. The van der Waals surface area contributed by atoms with E-state index in [2.05, 4.69) is 30.1 Å². The number of aromatic nitrogens is 3. The van der Waals surface area contributed by atoms with Gasteiger partial charge in [-0.15, -0.1) is 5.10 Å². The third-order valence-corrected chi connectivity index (χ3v) is 10.0. The summed E-state index contributed by atoms with van der Waals surface area (Å²) in [4.78, 5) is 60.8. The Balaban J connectivity index is 1.31. The highest BCUT2D eigenvalue weighted by Crippen LogP contribution is 2.38. The van der Waals surface area contributed by atoms with Crippen LogP contribution in [0.25, 0.3) is 0 Å². The summed E-state index contributed by atoms with van der Waals surface area (Å²) in [5, 5.41) is 8.93. The largest absolute Gasteiger partial charge is 0.495 e. The molecule has 2 N–H and O–H groups in total. The molecule has 1 saturated carbocycles. The molecule has 3 amide bonds. The molecule has 0 radical (unpaired) electrons. The van der Waals surface area contributed by atoms with Crippen LogP contribution in [0.1, 0.15) is 59.3 Å². The van der Waals surface area contributed by atoms with Crippen LogP contribution in [0.5, 0.6) is 5.75 Å². The number of anilines is 1. The zero-order valence-corrected chi connectivity index (χ0v) is 28.7. The Labute approximate surface area is 291 Å². The van der Waals surface area contributed by atoms with Crippen LogP contribution in [-0.2, 0) is 26.7 Å². The van der Waals surface area contributed by atoms with Gasteiger partial charge < -0.3 is 25.2 Å². The molecule has 0 unspecified atom stereocenters. The number of benzene rings is 1. The zero-order valence-electron chi connectivity index (χ0n) is 27.9. The number of amides is 3. The fourth-order valence-electron chi connectivity index (χ4n) is 6.39. The van der Waals surface area contributed by atoms with E-state index >= 15 is 13.2 Å². The average Bonchev–Trinajstić information content (AvgIpc) is 3.67. The summed E-state index contributed by atoms with van der Waals surface area (Å²) >= 11 is 0.879. The van der Waals surface area contributed by atoms with Crippen molar-refractivity contribution in [3.05, 3.63) is 64.7 Å². The molecule has 1 aliphatic heterocycles. The molecule has 12 nitrogen and oxygen atoms in total. The van der Waals surface area contributed by atoms with Crippen molar-refractivity contribution in [2.45, 2.75) is 56.9 Å².